The highest BCUT2D eigenvalue weighted by atomic mass is 35.5. The number of carbonyl (C=O) groups excluding carboxylic acids is 1. The van der Waals surface area contributed by atoms with Crippen LogP contribution in [-0.4, -0.2) is 60.5 Å². The first-order valence-corrected chi connectivity index (χ1v) is 8.45. The molecule has 3 unspecified atom stereocenters. The number of nitrogens with one attached hydrogen (secondary N) is 1. The lowest BCUT2D eigenvalue weighted by Gasteiger charge is -2.42. The minimum atomic E-state index is 0. The predicted octanol–water partition coefficient (Wildman–Crippen LogP) is 1.91. The molecule has 1 N–H and O–H groups in total. The van der Waals surface area contributed by atoms with Gasteiger partial charge in [0, 0.05) is 31.1 Å². The number of hydrogen-bond acceptors (Lipinski definition) is 3. The van der Waals surface area contributed by atoms with Crippen LogP contribution in [0.25, 0.3) is 0 Å². The van der Waals surface area contributed by atoms with Crippen molar-refractivity contribution >= 4 is 30.7 Å². The van der Waals surface area contributed by atoms with Gasteiger partial charge in [0.2, 0.25) is 5.91 Å². The van der Waals surface area contributed by atoms with E-state index in [-0.39, 0.29) is 24.8 Å². The maximum absolute atomic E-state index is 12.9. The van der Waals surface area contributed by atoms with Gasteiger partial charge in [0.25, 0.3) is 0 Å². The maximum atomic E-state index is 12.9. The molecule has 22 heavy (non-hydrogen) atoms. The van der Waals surface area contributed by atoms with Gasteiger partial charge in [-0.25, -0.2) is 0 Å². The molecule has 0 radical (unpaired) electrons. The number of piperidine rings is 1. The molecule has 3 saturated heterocycles. The second-order valence-corrected chi connectivity index (χ2v) is 7.50. The molecule has 6 heteroatoms. The minimum Gasteiger partial charge on any atom is -0.337 e. The molecule has 4 rings (SSSR count). The molecule has 0 aromatic rings. The van der Waals surface area contributed by atoms with E-state index in [0.29, 0.717) is 29.3 Å². The molecule has 0 bridgehead atoms. The van der Waals surface area contributed by atoms with Crippen molar-refractivity contribution in [1.29, 1.82) is 0 Å². The molecule has 4 aliphatic rings. The van der Waals surface area contributed by atoms with Crippen molar-refractivity contribution in [1.82, 2.24) is 15.1 Å². The summed E-state index contributed by atoms with van der Waals surface area (Å²) in [7, 11) is 0. The van der Waals surface area contributed by atoms with Crippen molar-refractivity contribution in [2.24, 2.45) is 11.3 Å². The molecule has 0 aromatic heterocycles. The third-order valence-electron chi connectivity index (χ3n) is 6.31. The van der Waals surface area contributed by atoms with Gasteiger partial charge in [0.15, 0.2) is 0 Å². The first-order valence-electron chi connectivity index (χ1n) is 8.45. The van der Waals surface area contributed by atoms with Gasteiger partial charge in [-0.15, -0.1) is 24.8 Å². The molecule has 4 nitrogen and oxygen atoms in total. The summed E-state index contributed by atoms with van der Waals surface area (Å²) in [5.41, 5.74) is 0.384. The number of hydrogen-bond donors (Lipinski definition) is 1. The fraction of sp³-hybridized carbons (Fsp3) is 0.938. The van der Waals surface area contributed by atoms with Gasteiger partial charge in [0.1, 0.15) is 0 Å². The van der Waals surface area contributed by atoms with E-state index in [1.807, 2.05) is 0 Å². The van der Waals surface area contributed by atoms with Crippen LogP contribution >= 0.6 is 24.8 Å². The number of carbonyl (C=O) groups is 1. The fourth-order valence-electron chi connectivity index (χ4n) is 4.87. The van der Waals surface area contributed by atoms with Crippen molar-refractivity contribution < 1.29 is 4.79 Å². The summed E-state index contributed by atoms with van der Waals surface area (Å²) in [5.74, 6) is 0.825. The summed E-state index contributed by atoms with van der Waals surface area (Å²) >= 11 is 0. The second-order valence-electron chi connectivity index (χ2n) is 7.50. The van der Waals surface area contributed by atoms with E-state index in [0.717, 1.165) is 32.6 Å². The van der Waals surface area contributed by atoms with E-state index in [1.165, 1.54) is 32.2 Å². The van der Waals surface area contributed by atoms with Crippen molar-refractivity contribution in [3.05, 3.63) is 0 Å². The van der Waals surface area contributed by atoms with Crippen molar-refractivity contribution in [2.75, 3.05) is 32.7 Å². The second kappa shape index (κ2) is 6.84. The number of amides is 1. The zero-order chi connectivity index (χ0) is 13.7. The molecule has 4 fully saturated rings. The SMILES string of the molecule is CC1CN2CCCC2CN1C(=O)C1CC12CCNCC2.Cl.Cl. The van der Waals surface area contributed by atoms with Crippen LogP contribution < -0.4 is 5.32 Å². The molecule has 128 valence electrons. The Kier molecular flexibility index (Phi) is 5.69. The van der Waals surface area contributed by atoms with Gasteiger partial charge in [-0.1, -0.05) is 0 Å². The normalized spacial score (nSPS) is 36.2. The van der Waals surface area contributed by atoms with Gasteiger partial charge in [0.05, 0.1) is 0 Å². The van der Waals surface area contributed by atoms with Gasteiger partial charge in [-0.3, -0.25) is 9.69 Å². The first-order chi connectivity index (χ1) is 9.70. The van der Waals surface area contributed by atoms with Crippen molar-refractivity contribution in [3.63, 3.8) is 0 Å². The quantitative estimate of drug-likeness (QED) is 0.785. The average molecular weight is 350 g/mol. The van der Waals surface area contributed by atoms with Gasteiger partial charge in [-0.2, -0.15) is 0 Å². The predicted molar refractivity (Wildman–Crippen MR) is 92.9 cm³/mol. The summed E-state index contributed by atoms with van der Waals surface area (Å²) in [4.78, 5) is 17.7. The highest BCUT2D eigenvalue weighted by Gasteiger charge is 2.59. The summed E-state index contributed by atoms with van der Waals surface area (Å²) in [5, 5.41) is 3.43. The molecular weight excluding hydrogens is 321 g/mol. The van der Waals surface area contributed by atoms with E-state index in [4.69, 9.17) is 0 Å². The van der Waals surface area contributed by atoms with Crippen LogP contribution in [-0.2, 0) is 4.79 Å². The van der Waals surface area contributed by atoms with Gasteiger partial charge >= 0.3 is 0 Å². The molecule has 1 aliphatic carbocycles. The van der Waals surface area contributed by atoms with E-state index in [9.17, 15) is 4.79 Å². The summed E-state index contributed by atoms with van der Waals surface area (Å²) in [6.45, 7) is 7.79. The fourth-order valence-corrected chi connectivity index (χ4v) is 4.87. The van der Waals surface area contributed by atoms with Crippen LogP contribution in [0.2, 0.25) is 0 Å². The Morgan fingerprint density at radius 2 is 1.91 bits per heavy atom. The lowest BCUT2D eigenvalue weighted by molar-refractivity contribution is -0.139. The van der Waals surface area contributed by atoms with E-state index in [2.05, 4.69) is 22.0 Å². The Morgan fingerprint density at radius 1 is 1.18 bits per heavy atom. The Morgan fingerprint density at radius 3 is 2.64 bits per heavy atom. The highest BCUT2D eigenvalue weighted by Crippen LogP contribution is 2.59. The van der Waals surface area contributed by atoms with Crippen LogP contribution in [0.5, 0.6) is 0 Å². The molecule has 3 heterocycles. The van der Waals surface area contributed by atoms with Crippen LogP contribution in [0.1, 0.15) is 39.0 Å². The van der Waals surface area contributed by atoms with Gasteiger partial charge < -0.3 is 10.2 Å². The zero-order valence-corrected chi connectivity index (χ0v) is 15.1. The molecule has 3 aliphatic heterocycles. The van der Waals surface area contributed by atoms with E-state index in [1.54, 1.807) is 0 Å². The third kappa shape index (κ3) is 3.00. The topological polar surface area (TPSA) is 35.6 Å². The van der Waals surface area contributed by atoms with Crippen molar-refractivity contribution in [3.8, 4) is 0 Å². The van der Waals surface area contributed by atoms with E-state index < -0.39 is 0 Å². The van der Waals surface area contributed by atoms with Crippen LogP contribution in [0.3, 0.4) is 0 Å². The minimum absolute atomic E-state index is 0. The number of nitrogens with zero attached hydrogens (tertiary/aromatic N) is 2. The highest BCUT2D eigenvalue weighted by molar-refractivity contribution is 5.85. The molecule has 0 aromatic carbocycles. The lowest BCUT2D eigenvalue weighted by atomic mass is 9.91. The van der Waals surface area contributed by atoms with Gasteiger partial charge in [-0.05, 0) is 64.1 Å². The van der Waals surface area contributed by atoms with E-state index >= 15 is 0 Å². The monoisotopic (exact) mass is 349 g/mol. The first kappa shape index (κ1) is 18.3. The number of fused-ring (bicyclic) bond motifs is 1. The van der Waals surface area contributed by atoms with Crippen LogP contribution in [0.15, 0.2) is 0 Å². The molecular formula is C16H29Cl2N3O. The summed E-state index contributed by atoms with van der Waals surface area (Å²) < 4.78 is 0. The van der Waals surface area contributed by atoms with Crippen LogP contribution in [0, 0.1) is 11.3 Å². The third-order valence-corrected chi connectivity index (χ3v) is 6.31. The van der Waals surface area contributed by atoms with Crippen molar-refractivity contribution in [2.45, 2.75) is 51.1 Å². The largest absolute Gasteiger partial charge is 0.337 e. The van der Waals surface area contributed by atoms with Crippen LogP contribution in [0.4, 0.5) is 0 Å². The molecule has 1 amide bonds. The molecule has 3 atom stereocenters. The standard InChI is InChI=1S/C16H27N3O.2ClH/c1-12-10-18-8-2-3-13(18)11-19(12)15(20)14-9-16(14)4-6-17-7-5-16;;/h12-14,17H,2-11H2,1H3;2*1H. The molecule has 1 saturated carbocycles. The number of halogens is 2. The summed E-state index contributed by atoms with van der Waals surface area (Å²) in [6.07, 6.45) is 6.18. The molecule has 1 spiro atoms. The Bertz CT molecular complexity index is 414. The zero-order valence-electron chi connectivity index (χ0n) is 13.4. The number of rotatable bonds is 1. The average Bonchev–Trinajstić information content (AvgIpc) is 2.94. The summed E-state index contributed by atoms with van der Waals surface area (Å²) in [6, 6.07) is 1.06. The Balaban J connectivity index is 0.000000882. The Labute approximate surface area is 146 Å². The Hall–Kier alpha value is -0.0300. The maximum Gasteiger partial charge on any atom is 0.226 e. The lowest BCUT2D eigenvalue weighted by Crippen LogP contribution is -2.57. The smallest absolute Gasteiger partial charge is 0.226 e. The number of piperazine rings is 1.